The minimum absolute atomic E-state index is 0. The van der Waals surface area contributed by atoms with Crippen LogP contribution in [0, 0.1) is 0 Å². The summed E-state index contributed by atoms with van der Waals surface area (Å²) in [5.74, 6) is 1.24. The predicted octanol–water partition coefficient (Wildman–Crippen LogP) is 4.04. The van der Waals surface area contributed by atoms with Crippen molar-refractivity contribution in [3.8, 4) is 0 Å². The van der Waals surface area contributed by atoms with Crippen LogP contribution in [0.1, 0.15) is 27.7 Å². The Morgan fingerprint density at radius 2 is 0.571 bits per heavy atom. The van der Waals surface area contributed by atoms with Crippen LogP contribution in [0.5, 0.6) is 0 Å². The van der Waals surface area contributed by atoms with Gasteiger partial charge in [0, 0.05) is 21.7 Å². The fourth-order valence-corrected chi connectivity index (χ4v) is 0. The molecule has 0 radical (unpaired) electrons. The molecule has 0 saturated heterocycles. The van der Waals surface area contributed by atoms with E-state index in [9.17, 15) is 0 Å². The molecule has 0 aliphatic rings. The first-order valence-corrected chi connectivity index (χ1v) is 4.96. The molecule has 0 unspecified atom stereocenters. The smallest absolute Gasteiger partial charge is 0.131 e. The standard InChI is InChI=1S/4C3H6O2.Ti/c4*1-3(2)5-4;/h4*4H,1H2,2H3;. The van der Waals surface area contributed by atoms with Gasteiger partial charge in [0.05, 0.1) is 0 Å². The number of hydrogen-bond acceptors (Lipinski definition) is 8. The molecule has 0 spiro atoms. The van der Waals surface area contributed by atoms with E-state index in [1.165, 1.54) is 0 Å². The zero-order valence-electron chi connectivity index (χ0n) is 12.8. The number of hydrogen-bond donors (Lipinski definition) is 4. The normalized spacial score (nSPS) is 6.48. The Hall–Kier alpha value is -1.29. The van der Waals surface area contributed by atoms with E-state index in [0.717, 1.165) is 0 Å². The zero-order valence-corrected chi connectivity index (χ0v) is 14.3. The summed E-state index contributed by atoms with van der Waals surface area (Å²) in [5, 5.41) is 30.2. The molecule has 0 heterocycles. The first-order valence-electron chi connectivity index (χ1n) is 4.96. The van der Waals surface area contributed by atoms with Gasteiger partial charge in [0.15, 0.2) is 0 Å². The molecule has 0 bridgehead atoms. The van der Waals surface area contributed by atoms with Crippen molar-refractivity contribution in [1.82, 2.24) is 0 Å². The van der Waals surface area contributed by atoms with Gasteiger partial charge in [-0.05, 0) is 27.7 Å². The van der Waals surface area contributed by atoms with Crippen molar-refractivity contribution in [2.75, 3.05) is 0 Å². The van der Waals surface area contributed by atoms with E-state index >= 15 is 0 Å². The van der Waals surface area contributed by atoms with Gasteiger partial charge in [0.2, 0.25) is 0 Å². The maximum atomic E-state index is 7.54. The van der Waals surface area contributed by atoms with E-state index in [2.05, 4.69) is 45.9 Å². The second-order valence-electron chi connectivity index (χ2n) is 3.17. The fraction of sp³-hybridized carbons (Fsp3) is 0.333. The maximum Gasteiger partial charge on any atom is 0.131 e. The second kappa shape index (κ2) is 27.1. The minimum atomic E-state index is 0. The van der Waals surface area contributed by atoms with E-state index in [1.807, 2.05) is 0 Å². The van der Waals surface area contributed by atoms with Crippen molar-refractivity contribution in [3.05, 3.63) is 49.4 Å². The van der Waals surface area contributed by atoms with Gasteiger partial charge in [0.1, 0.15) is 23.0 Å². The SMILES string of the molecule is C=C(C)OO.C=C(C)OO.C=C(C)OO.C=C(C)OO.[Ti]. The van der Waals surface area contributed by atoms with Crippen LogP contribution in [-0.2, 0) is 41.3 Å². The molecule has 8 nitrogen and oxygen atoms in total. The maximum absolute atomic E-state index is 7.54. The summed E-state index contributed by atoms with van der Waals surface area (Å²) in [6.45, 7) is 19.0. The molecule has 0 aromatic carbocycles. The van der Waals surface area contributed by atoms with Crippen LogP contribution in [-0.4, -0.2) is 21.0 Å². The van der Waals surface area contributed by atoms with Crippen LogP contribution in [0.3, 0.4) is 0 Å². The van der Waals surface area contributed by atoms with Crippen molar-refractivity contribution in [2.24, 2.45) is 0 Å². The average Bonchev–Trinajstić information content (AvgIpc) is 2.40. The van der Waals surface area contributed by atoms with E-state index in [-0.39, 0.29) is 21.7 Å². The Labute approximate surface area is 139 Å². The predicted molar refractivity (Wildman–Crippen MR) is 74.1 cm³/mol. The van der Waals surface area contributed by atoms with E-state index in [0.29, 0.717) is 23.0 Å². The Kier molecular flexibility index (Phi) is 41.2. The molecular weight excluding hydrogens is 320 g/mol. The van der Waals surface area contributed by atoms with Gasteiger partial charge in [-0.2, -0.15) is 0 Å². The van der Waals surface area contributed by atoms with Crippen molar-refractivity contribution in [1.29, 1.82) is 0 Å². The first kappa shape index (κ1) is 31.9. The molecule has 0 saturated carbocycles. The van der Waals surface area contributed by atoms with Crippen molar-refractivity contribution in [3.63, 3.8) is 0 Å². The molecule has 4 N–H and O–H groups in total. The Morgan fingerprint density at radius 3 is 0.571 bits per heavy atom. The van der Waals surface area contributed by atoms with E-state index < -0.39 is 0 Å². The Morgan fingerprint density at radius 1 is 0.524 bits per heavy atom. The number of allylic oxidation sites excluding steroid dienone is 4. The van der Waals surface area contributed by atoms with Crippen LogP contribution in [0.25, 0.3) is 0 Å². The summed E-state index contributed by atoms with van der Waals surface area (Å²) >= 11 is 0. The van der Waals surface area contributed by atoms with E-state index in [4.69, 9.17) is 21.0 Å². The fourth-order valence-electron chi connectivity index (χ4n) is 0. The van der Waals surface area contributed by atoms with Crippen molar-refractivity contribution >= 4 is 0 Å². The molecule has 0 atom stereocenters. The molecule has 0 aromatic rings. The van der Waals surface area contributed by atoms with Gasteiger partial charge >= 0.3 is 0 Å². The van der Waals surface area contributed by atoms with Gasteiger partial charge in [-0.3, -0.25) is 0 Å². The van der Waals surface area contributed by atoms with Crippen LogP contribution in [0.4, 0.5) is 0 Å². The van der Waals surface area contributed by atoms with E-state index in [1.54, 1.807) is 27.7 Å². The summed E-state index contributed by atoms with van der Waals surface area (Å²) in [6.07, 6.45) is 0. The average molecular weight is 344 g/mol. The van der Waals surface area contributed by atoms with Crippen LogP contribution in [0.15, 0.2) is 49.4 Å². The van der Waals surface area contributed by atoms with Gasteiger partial charge in [-0.1, -0.05) is 26.3 Å². The third-order valence-electron chi connectivity index (χ3n) is 0.623. The summed E-state index contributed by atoms with van der Waals surface area (Å²) in [6, 6.07) is 0. The van der Waals surface area contributed by atoms with Crippen LogP contribution in [0.2, 0.25) is 0 Å². The summed E-state index contributed by atoms with van der Waals surface area (Å²) in [7, 11) is 0. The van der Waals surface area contributed by atoms with Crippen LogP contribution >= 0.6 is 0 Å². The summed E-state index contributed by atoms with van der Waals surface area (Å²) in [5.41, 5.74) is 0. The molecular formula is C12H24O8Ti. The molecule has 0 amide bonds. The molecule has 9 heteroatoms. The molecule has 0 aromatic heterocycles. The van der Waals surface area contributed by atoms with Gasteiger partial charge in [0.25, 0.3) is 0 Å². The zero-order chi connectivity index (χ0) is 17.1. The van der Waals surface area contributed by atoms with Gasteiger partial charge < -0.3 is 19.6 Å². The molecule has 0 rings (SSSR count). The molecule has 0 aliphatic heterocycles. The topological polar surface area (TPSA) is 118 Å². The molecule has 124 valence electrons. The molecule has 0 fully saturated rings. The monoisotopic (exact) mass is 344 g/mol. The van der Waals surface area contributed by atoms with Gasteiger partial charge in [-0.25, -0.2) is 21.0 Å². The third kappa shape index (κ3) is 116. The van der Waals surface area contributed by atoms with Gasteiger partial charge in [-0.15, -0.1) is 0 Å². The second-order valence-corrected chi connectivity index (χ2v) is 3.17. The minimum Gasteiger partial charge on any atom is -0.346 e. The number of rotatable bonds is 4. The Balaban J connectivity index is -0.0000000533. The Bertz CT molecular complexity index is 222. The first-order chi connectivity index (χ1) is 9.08. The quantitative estimate of drug-likeness (QED) is 0.261. The summed E-state index contributed by atoms with van der Waals surface area (Å²) < 4.78 is 0. The summed E-state index contributed by atoms with van der Waals surface area (Å²) in [4.78, 5) is 14.2. The van der Waals surface area contributed by atoms with Crippen molar-refractivity contribution in [2.45, 2.75) is 27.7 Å². The van der Waals surface area contributed by atoms with Crippen LogP contribution < -0.4 is 0 Å². The molecule has 0 aliphatic carbocycles. The third-order valence-corrected chi connectivity index (χ3v) is 0.623. The molecule has 21 heavy (non-hydrogen) atoms. The van der Waals surface area contributed by atoms with Crippen molar-refractivity contribution < 1.29 is 62.3 Å². The largest absolute Gasteiger partial charge is 0.346 e.